The number of hydrogen-bond acceptors (Lipinski definition) is 4. The Morgan fingerprint density at radius 3 is 3.00 bits per heavy atom. The molecular weight excluding hydrogens is 272 g/mol. The third kappa shape index (κ3) is 4.43. The van der Waals surface area contributed by atoms with Crippen LogP contribution in [0, 0.1) is 6.92 Å². The molecule has 0 spiro atoms. The molecule has 0 atom stereocenters. The molecule has 20 heavy (non-hydrogen) atoms. The van der Waals surface area contributed by atoms with Gasteiger partial charge in [-0.05, 0) is 37.5 Å². The van der Waals surface area contributed by atoms with Gasteiger partial charge >= 0.3 is 0 Å². The Morgan fingerprint density at radius 1 is 1.45 bits per heavy atom. The summed E-state index contributed by atoms with van der Waals surface area (Å²) in [4.78, 5) is 16.2. The zero-order chi connectivity index (χ0) is 14.4. The number of nitrogens with zero attached hydrogens (tertiary/aromatic N) is 1. The fourth-order valence-corrected chi connectivity index (χ4v) is 2.57. The molecule has 0 aliphatic carbocycles. The van der Waals surface area contributed by atoms with E-state index in [2.05, 4.69) is 10.3 Å². The van der Waals surface area contributed by atoms with Crippen molar-refractivity contribution in [3.63, 3.8) is 0 Å². The predicted octanol–water partition coefficient (Wildman–Crippen LogP) is 2.91. The summed E-state index contributed by atoms with van der Waals surface area (Å²) in [6.45, 7) is 1.96. The van der Waals surface area contributed by atoms with Gasteiger partial charge in [0.2, 0.25) is 5.91 Å². The van der Waals surface area contributed by atoms with E-state index in [1.54, 1.807) is 17.4 Å². The number of aliphatic hydroxyl groups is 1. The number of hydrogen-bond donors (Lipinski definition) is 2. The van der Waals surface area contributed by atoms with Crippen molar-refractivity contribution in [3.8, 4) is 0 Å². The summed E-state index contributed by atoms with van der Waals surface area (Å²) in [6.07, 6.45) is 2.09. The predicted molar refractivity (Wildman–Crippen MR) is 80.8 cm³/mol. The number of carbonyl (C=O) groups is 1. The first-order valence-electron chi connectivity index (χ1n) is 6.58. The highest BCUT2D eigenvalue weighted by Gasteiger charge is 2.04. The van der Waals surface area contributed by atoms with Crippen molar-refractivity contribution in [2.75, 3.05) is 5.32 Å². The molecule has 0 unspecified atom stereocenters. The van der Waals surface area contributed by atoms with Crippen LogP contribution in [0.2, 0.25) is 0 Å². The van der Waals surface area contributed by atoms with Crippen LogP contribution in [0.3, 0.4) is 0 Å². The van der Waals surface area contributed by atoms with Gasteiger partial charge in [-0.25, -0.2) is 4.98 Å². The monoisotopic (exact) mass is 290 g/mol. The summed E-state index contributed by atoms with van der Waals surface area (Å²) in [5.41, 5.74) is 2.58. The van der Waals surface area contributed by atoms with Crippen molar-refractivity contribution in [1.82, 2.24) is 4.98 Å². The van der Waals surface area contributed by atoms with Gasteiger partial charge in [0.15, 0.2) is 0 Å². The number of carbonyl (C=O) groups excluding carboxylic acids is 1. The van der Waals surface area contributed by atoms with E-state index in [4.69, 9.17) is 5.11 Å². The zero-order valence-corrected chi connectivity index (χ0v) is 12.2. The molecule has 0 radical (unpaired) electrons. The SMILES string of the molecule is Cc1nc(CCCC(=O)Nc2cccc(CO)c2)cs1. The number of thiazole rings is 1. The Hall–Kier alpha value is -1.72. The second-order valence-electron chi connectivity index (χ2n) is 4.62. The minimum absolute atomic E-state index is 0.00737. The van der Waals surface area contributed by atoms with E-state index in [0.29, 0.717) is 6.42 Å². The maximum atomic E-state index is 11.8. The van der Waals surface area contributed by atoms with Crippen molar-refractivity contribution in [2.45, 2.75) is 32.8 Å². The van der Waals surface area contributed by atoms with Gasteiger partial charge in [-0.2, -0.15) is 0 Å². The number of aliphatic hydroxyl groups excluding tert-OH is 1. The summed E-state index contributed by atoms with van der Waals surface area (Å²) in [7, 11) is 0. The molecule has 4 nitrogen and oxygen atoms in total. The van der Waals surface area contributed by atoms with Crippen LogP contribution in [0.15, 0.2) is 29.6 Å². The van der Waals surface area contributed by atoms with Gasteiger partial charge in [-0.15, -0.1) is 11.3 Å². The van der Waals surface area contributed by atoms with Crippen molar-refractivity contribution < 1.29 is 9.90 Å². The molecule has 5 heteroatoms. The standard InChI is InChI=1S/C15H18N2O2S/c1-11-16-14(10-20-11)6-3-7-15(19)17-13-5-2-4-12(8-13)9-18/h2,4-5,8,10,18H,3,6-7,9H2,1H3,(H,17,19). The molecule has 2 N–H and O–H groups in total. The first-order valence-corrected chi connectivity index (χ1v) is 7.46. The molecule has 0 saturated heterocycles. The van der Waals surface area contributed by atoms with Crippen molar-refractivity contribution in [1.29, 1.82) is 0 Å². The second kappa shape index (κ2) is 7.17. The largest absolute Gasteiger partial charge is 0.392 e. The van der Waals surface area contributed by atoms with Crippen LogP contribution in [-0.4, -0.2) is 16.0 Å². The van der Waals surface area contributed by atoms with Gasteiger partial charge < -0.3 is 10.4 Å². The highest BCUT2D eigenvalue weighted by atomic mass is 32.1. The third-order valence-electron chi connectivity index (χ3n) is 2.90. The summed E-state index contributed by atoms with van der Waals surface area (Å²) in [6, 6.07) is 7.24. The van der Waals surface area contributed by atoms with E-state index in [-0.39, 0.29) is 12.5 Å². The van der Waals surface area contributed by atoms with Gasteiger partial charge in [-0.3, -0.25) is 4.79 Å². The fraction of sp³-hybridized carbons (Fsp3) is 0.333. The lowest BCUT2D eigenvalue weighted by atomic mass is 10.2. The molecule has 0 aliphatic rings. The fourth-order valence-electron chi connectivity index (χ4n) is 1.92. The van der Waals surface area contributed by atoms with Gasteiger partial charge in [0.1, 0.15) is 0 Å². The van der Waals surface area contributed by atoms with Gasteiger partial charge in [0.05, 0.1) is 17.3 Å². The molecule has 2 rings (SSSR count). The number of anilines is 1. The first kappa shape index (κ1) is 14.7. The minimum atomic E-state index is -0.0209. The molecule has 1 aromatic carbocycles. The van der Waals surface area contributed by atoms with E-state index in [1.807, 2.05) is 30.5 Å². The average molecular weight is 290 g/mol. The number of rotatable bonds is 6. The molecule has 2 aromatic rings. The highest BCUT2D eigenvalue weighted by Crippen LogP contribution is 2.13. The Balaban J connectivity index is 1.77. The molecule has 0 aliphatic heterocycles. The average Bonchev–Trinajstić information content (AvgIpc) is 2.84. The van der Waals surface area contributed by atoms with Crippen LogP contribution >= 0.6 is 11.3 Å². The number of aromatic nitrogens is 1. The molecule has 0 fully saturated rings. The topological polar surface area (TPSA) is 62.2 Å². The van der Waals surface area contributed by atoms with E-state index < -0.39 is 0 Å². The van der Waals surface area contributed by atoms with Crippen LogP contribution < -0.4 is 5.32 Å². The van der Waals surface area contributed by atoms with Crippen LogP contribution in [0.25, 0.3) is 0 Å². The maximum absolute atomic E-state index is 11.8. The minimum Gasteiger partial charge on any atom is -0.392 e. The normalized spacial score (nSPS) is 10.5. The maximum Gasteiger partial charge on any atom is 0.224 e. The second-order valence-corrected chi connectivity index (χ2v) is 5.68. The molecule has 1 heterocycles. The molecule has 0 saturated carbocycles. The number of aryl methyl sites for hydroxylation is 2. The summed E-state index contributed by atoms with van der Waals surface area (Å²) >= 11 is 1.63. The molecule has 0 bridgehead atoms. The smallest absolute Gasteiger partial charge is 0.224 e. The number of nitrogens with one attached hydrogen (secondary N) is 1. The van der Waals surface area contributed by atoms with E-state index in [9.17, 15) is 4.79 Å². The Labute approximate surface area is 122 Å². The molecule has 1 amide bonds. The van der Waals surface area contributed by atoms with E-state index >= 15 is 0 Å². The van der Waals surface area contributed by atoms with Crippen LogP contribution in [0.1, 0.15) is 29.1 Å². The highest BCUT2D eigenvalue weighted by molar-refractivity contribution is 7.09. The summed E-state index contributed by atoms with van der Waals surface area (Å²) < 4.78 is 0. The van der Waals surface area contributed by atoms with Gasteiger partial charge in [0.25, 0.3) is 0 Å². The molecule has 106 valence electrons. The van der Waals surface area contributed by atoms with Crippen LogP contribution in [0.4, 0.5) is 5.69 Å². The molecular formula is C15H18N2O2S. The summed E-state index contributed by atoms with van der Waals surface area (Å²) in [5, 5.41) is 15.0. The summed E-state index contributed by atoms with van der Waals surface area (Å²) in [5.74, 6) is -0.00737. The van der Waals surface area contributed by atoms with Crippen LogP contribution in [0.5, 0.6) is 0 Å². The number of amides is 1. The Morgan fingerprint density at radius 2 is 2.30 bits per heavy atom. The third-order valence-corrected chi connectivity index (χ3v) is 3.72. The lowest BCUT2D eigenvalue weighted by Gasteiger charge is -2.06. The van der Waals surface area contributed by atoms with Gasteiger partial charge in [0, 0.05) is 17.5 Å². The van der Waals surface area contributed by atoms with Crippen molar-refractivity contribution in [3.05, 3.63) is 45.9 Å². The Bertz CT molecular complexity index is 581. The number of benzene rings is 1. The van der Waals surface area contributed by atoms with Crippen molar-refractivity contribution in [2.24, 2.45) is 0 Å². The lowest BCUT2D eigenvalue weighted by Crippen LogP contribution is -2.11. The quantitative estimate of drug-likeness (QED) is 0.860. The van der Waals surface area contributed by atoms with Crippen molar-refractivity contribution >= 4 is 22.9 Å². The Kier molecular flexibility index (Phi) is 5.26. The van der Waals surface area contributed by atoms with E-state index in [0.717, 1.165) is 34.8 Å². The van der Waals surface area contributed by atoms with Gasteiger partial charge in [-0.1, -0.05) is 12.1 Å². The van der Waals surface area contributed by atoms with Crippen LogP contribution in [-0.2, 0) is 17.8 Å². The first-order chi connectivity index (χ1) is 9.67. The zero-order valence-electron chi connectivity index (χ0n) is 11.4. The molecule has 1 aromatic heterocycles. The lowest BCUT2D eigenvalue weighted by molar-refractivity contribution is -0.116. The van der Waals surface area contributed by atoms with E-state index in [1.165, 1.54) is 0 Å².